The fourth-order valence-electron chi connectivity index (χ4n) is 5.72. The number of carbonyl (C=O) groups excluding carboxylic acids is 2. The first-order valence-electron chi connectivity index (χ1n) is 21.7. The zero-order valence-corrected chi connectivity index (χ0v) is 36.0. The van der Waals surface area contributed by atoms with Gasteiger partial charge in [-0.15, -0.1) is 0 Å². The van der Waals surface area contributed by atoms with E-state index in [1.807, 2.05) is 18.2 Å². The topological polar surface area (TPSA) is 149 Å². The second-order valence-corrected chi connectivity index (χ2v) is 15.8. The van der Waals surface area contributed by atoms with E-state index in [0.29, 0.717) is 12.8 Å². The van der Waals surface area contributed by atoms with Crippen molar-refractivity contribution in [2.24, 2.45) is 0 Å². The van der Waals surface area contributed by atoms with Crippen molar-refractivity contribution in [2.75, 3.05) is 26.4 Å². The highest BCUT2D eigenvalue weighted by Crippen LogP contribution is 2.43. The fraction of sp³-hybridized carbons (Fsp3) is 0.733. The van der Waals surface area contributed by atoms with Crippen molar-refractivity contribution in [1.82, 2.24) is 0 Å². The number of esters is 2. The molecule has 0 amide bonds. The molecule has 56 heavy (non-hydrogen) atoms. The molecule has 11 heteroatoms. The van der Waals surface area contributed by atoms with Crippen LogP contribution in [0.5, 0.6) is 0 Å². The number of carbonyl (C=O) groups is 2. The molecule has 0 fully saturated rings. The molecule has 0 rings (SSSR count). The van der Waals surface area contributed by atoms with Crippen LogP contribution in [0.3, 0.4) is 0 Å². The molecule has 0 spiro atoms. The summed E-state index contributed by atoms with van der Waals surface area (Å²) < 4.78 is 32.4. The van der Waals surface area contributed by atoms with Gasteiger partial charge in [0.25, 0.3) is 0 Å². The third-order valence-electron chi connectivity index (χ3n) is 9.03. The Balaban J connectivity index is 4.00. The Labute approximate surface area is 340 Å². The monoisotopic (exact) mass is 811 g/mol. The molecule has 0 aliphatic carbocycles. The van der Waals surface area contributed by atoms with E-state index >= 15 is 0 Å². The Morgan fingerprint density at radius 3 is 1.21 bits per heavy atom. The van der Waals surface area contributed by atoms with Gasteiger partial charge in [0.1, 0.15) is 12.2 Å². The van der Waals surface area contributed by atoms with E-state index in [4.69, 9.17) is 18.5 Å². The Kier molecular flexibility index (Phi) is 39.2. The summed E-state index contributed by atoms with van der Waals surface area (Å²) in [6.07, 6.45) is 45.1. The van der Waals surface area contributed by atoms with E-state index in [0.717, 1.165) is 44.9 Å². The third-order valence-corrected chi connectivity index (χ3v) is 9.98. The van der Waals surface area contributed by atoms with Crippen molar-refractivity contribution in [2.45, 2.75) is 187 Å². The Hall–Kier alpha value is -2.33. The van der Waals surface area contributed by atoms with Crippen LogP contribution in [0.25, 0.3) is 0 Å². The lowest BCUT2D eigenvalue weighted by atomic mass is 10.0. The van der Waals surface area contributed by atoms with Gasteiger partial charge in [-0.1, -0.05) is 184 Å². The number of ether oxygens (including phenoxy) is 2. The first kappa shape index (κ1) is 53.7. The zero-order chi connectivity index (χ0) is 41.2. The number of phosphoric ester groups is 1. The van der Waals surface area contributed by atoms with Crippen molar-refractivity contribution in [3.8, 4) is 0 Å². The summed E-state index contributed by atoms with van der Waals surface area (Å²) in [4.78, 5) is 34.4. The van der Waals surface area contributed by atoms with Gasteiger partial charge in [0.2, 0.25) is 0 Å². The number of hydrogen-bond acceptors (Lipinski definition) is 9. The average molecular weight is 811 g/mol. The molecule has 0 aliphatic rings. The van der Waals surface area contributed by atoms with E-state index in [9.17, 15) is 29.3 Å². The molecule has 0 saturated heterocycles. The average Bonchev–Trinajstić information content (AvgIpc) is 3.19. The molecule has 3 atom stereocenters. The van der Waals surface area contributed by atoms with Crippen molar-refractivity contribution in [3.05, 3.63) is 60.8 Å². The maximum atomic E-state index is 12.3. The first-order valence-corrected chi connectivity index (χ1v) is 23.2. The minimum atomic E-state index is -4.66. The number of hydrogen-bond donors (Lipinski definition) is 3. The normalized spacial score (nSPS) is 14.4. The summed E-state index contributed by atoms with van der Waals surface area (Å²) in [7, 11) is -4.66. The summed E-state index contributed by atoms with van der Waals surface area (Å²) in [6, 6.07) is 0. The van der Waals surface area contributed by atoms with Crippen LogP contribution in [0.15, 0.2) is 60.8 Å². The molecule has 0 aromatic heterocycles. The second kappa shape index (κ2) is 40.9. The summed E-state index contributed by atoms with van der Waals surface area (Å²) in [5, 5.41) is 19.1. The predicted octanol–water partition coefficient (Wildman–Crippen LogP) is 11.5. The molecular weight excluding hydrogens is 731 g/mol. The quantitative estimate of drug-likeness (QED) is 0.0236. The molecule has 0 aliphatic heterocycles. The molecule has 0 radical (unpaired) electrons. The lowest BCUT2D eigenvalue weighted by Gasteiger charge is -2.20. The van der Waals surface area contributed by atoms with Gasteiger partial charge in [0, 0.05) is 6.42 Å². The summed E-state index contributed by atoms with van der Waals surface area (Å²) in [5.41, 5.74) is 0. The van der Waals surface area contributed by atoms with Gasteiger partial charge in [-0.2, -0.15) is 0 Å². The molecule has 0 aromatic carbocycles. The largest absolute Gasteiger partial charge is 0.472 e. The number of aliphatic hydroxyl groups is 2. The maximum absolute atomic E-state index is 12.3. The molecule has 3 unspecified atom stereocenters. The number of aliphatic hydroxyl groups excluding tert-OH is 2. The second-order valence-electron chi connectivity index (χ2n) is 14.3. The van der Waals surface area contributed by atoms with Crippen molar-refractivity contribution >= 4 is 19.8 Å². The fourth-order valence-corrected chi connectivity index (χ4v) is 6.50. The highest BCUT2D eigenvalue weighted by molar-refractivity contribution is 7.47. The van der Waals surface area contributed by atoms with Crippen LogP contribution in [0.2, 0.25) is 0 Å². The molecule has 10 nitrogen and oxygen atoms in total. The highest BCUT2D eigenvalue weighted by atomic mass is 31.2. The van der Waals surface area contributed by atoms with E-state index in [1.54, 1.807) is 6.08 Å². The molecule has 324 valence electrons. The van der Waals surface area contributed by atoms with Gasteiger partial charge in [-0.3, -0.25) is 18.6 Å². The van der Waals surface area contributed by atoms with Gasteiger partial charge in [-0.05, 0) is 38.5 Å². The summed E-state index contributed by atoms with van der Waals surface area (Å²) in [5.74, 6) is -1.15. The van der Waals surface area contributed by atoms with E-state index in [2.05, 4.69) is 50.3 Å². The summed E-state index contributed by atoms with van der Waals surface area (Å²) >= 11 is 0. The smallest absolute Gasteiger partial charge is 0.457 e. The first-order chi connectivity index (χ1) is 27.3. The number of unbranched alkanes of at least 4 members (excludes halogenated alkanes) is 17. The third kappa shape index (κ3) is 38.5. The van der Waals surface area contributed by atoms with E-state index < -0.39 is 58.4 Å². The van der Waals surface area contributed by atoms with Crippen molar-refractivity contribution in [1.29, 1.82) is 0 Å². The van der Waals surface area contributed by atoms with Gasteiger partial charge >= 0.3 is 19.8 Å². The van der Waals surface area contributed by atoms with Crippen LogP contribution in [0.4, 0.5) is 0 Å². The standard InChI is InChI=1S/C45H79O10P/c1-3-5-7-9-11-13-15-17-19-20-21-23-25-27-29-31-33-35-37-45(49)55-43(39-47)41-53-56(50,51)52-40-42(38-46)54-44(48)36-34-32-30-28-26-24-22-18-16-14-12-10-8-6-4-2/h6,8,12,14,18,22,26,28,32,34,42-43,46-47H,3-5,7,9-11,13,15-17,19-21,23-25,27,29-31,33,35-41H2,1-2H3,(H,50,51)/b8-6-,14-12-,22-18-,28-26-,34-32-. The predicted molar refractivity (Wildman–Crippen MR) is 228 cm³/mol. The lowest BCUT2D eigenvalue weighted by molar-refractivity contribution is -0.153. The Morgan fingerprint density at radius 1 is 0.500 bits per heavy atom. The minimum Gasteiger partial charge on any atom is -0.457 e. The van der Waals surface area contributed by atoms with Crippen LogP contribution in [-0.4, -0.2) is 65.7 Å². The van der Waals surface area contributed by atoms with Gasteiger partial charge in [-0.25, -0.2) is 4.57 Å². The maximum Gasteiger partial charge on any atom is 0.472 e. The van der Waals surface area contributed by atoms with Crippen molar-refractivity contribution < 1.29 is 47.8 Å². The molecule has 0 aromatic rings. The number of phosphoric acid groups is 1. The van der Waals surface area contributed by atoms with Gasteiger partial charge in [0.15, 0.2) is 0 Å². The molecule has 0 saturated carbocycles. The molecular formula is C45H79O10P. The van der Waals surface area contributed by atoms with Crippen LogP contribution in [-0.2, 0) is 32.7 Å². The highest BCUT2D eigenvalue weighted by Gasteiger charge is 2.27. The SMILES string of the molecule is CC/C=C\C/C=C\C/C=C\C/C=C\C/C=C\CC(=O)OC(CO)COP(=O)(O)OCC(CO)OC(=O)CCCCCCCCCCCCCCCCCCCC. The number of allylic oxidation sites excluding steroid dienone is 9. The Bertz CT molecular complexity index is 1120. The molecule has 0 heterocycles. The minimum absolute atomic E-state index is 0.0413. The van der Waals surface area contributed by atoms with Crippen molar-refractivity contribution in [3.63, 3.8) is 0 Å². The molecule has 0 bridgehead atoms. The van der Waals surface area contributed by atoms with E-state index in [-0.39, 0.29) is 12.8 Å². The lowest BCUT2D eigenvalue weighted by Crippen LogP contribution is -2.28. The summed E-state index contributed by atoms with van der Waals surface area (Å²) in [6.45, 7) is 1.99. The van der Waals surface area contributed by atoms with E-state index in [1.165, 1.54) is 89.9 Å². The van der Waals surface area contributed by atoms with Crippen LogP contribution < -0.4 is 0 Å². The van der Waals surface area contributed by atoms with Crippen LogP contribution in [0, 0.1) is 0 Å². The van der Waals surface area contributed by atoms with Crippen LogP contribution >= 0.6 is 7.82 Å². The molecule has 3 N–H and O–H groups in total. The van der Waals surface area contributed by atoms with Gasteiger partial charge < -0.3 is 24.6 Å². The van der Waals surface area contributed by atoms with Crippen LogP contribution in [0.1, 0.15) is 174 Å². The zero-order valence-electron chi connectivity index (χ0n) is 35.1. The Morgan fingerprint density at radius 2 is 0.839 bits per heavy atom. The van der Waals surface area contributed by atoms with Gasteiger partial charge in [0.05, 0.1) is 32.8 Å². The number of rotatable bonds is 40.